The Morgan fingerprint density at radius 1 is 1.07 bits per heavy atom. The van der Waals surface area contributed by atoms with Crippen LogP contribution in [0.3, 0.4) is 0 Å². The zero-order valence-corrected chi connectivity index (χ0v) is 16.3. The molecule has 0 aromatic heterocycles. The number of carbonyl (C=O) groups excluding carboxylic acids is 1. The minimum Gasteiger partial charge on any atom is -0.482 e. The van der Waals surface area contributed by atoms with Gasteiger partial charge in [-0.05, 0) is 57.2 Å². The van der Waals surface area contributed by atoms with Gasteiger partial charge in [0.05, 0.1) is 5.71 Å². The topological polar surface area (TPSA) is 91.2 Å². The summed E-state index contributed by atoms with van der Waals surface area (Å²) in [5, 5.41) is 12.8. The van der Waals surface area contributed by atoms with Gasteiger partial charge in [-0.2, -0.15) is 5.10 Å². The van der Waals surface area contributed by atoms with E-state index in [1.54, 1.807) is 43.3 Å². The number of anilines is 1. The van der Waals surface area contributed by atoms with Crippen molar-refractivity contribution in [2.24, 2.45) is 5.10 Å². The first-order chi connectivity index (χ1) is 13.4. The second-order valence-corrected chi connectivity index (χ2v) is 6.07. The van der Waals surface area contributed by atoms with Crippen molar-refractivity contribution in [3.63, 3.8) is 0 Å². The van der Waals surface area contributed by atoms with Gasteiger partial charge in [-0.15, -0.1) is 0 Å². The minimum absolute atomic E-state index is 0.302. The van der Waals surface area contributed by atoms with Crippen molar-refractivity contribution in [3.05, 3.63) is 59.7 Å². The van der Waals surface area contributed by atoms with Crippen LogP contribution in [0.4, 0.5) is 5.69 Å². The largest absolute Gasteiger partial charge is 0.482 e. The van der Waals surface area contributed by atoms with E-state index in [1.165, 1.54) is 0 Å². The number of benzene rings is 2. The lowest BCUT2D eigenvalue weighted by Gasteiger charge is -2.20. The molecule has 0 aliphatic heterocycles. The quantitative estimate of drug-likeness (QED) is 0.513. The first-order valence-corrected chi connectivity index (χ1v) is 9.09. The Labute approximate surface area is 164 Å². The molecule has 2 aromatic carbocycles. The van der Waals surface area contributed by atoms with Gasteiger partial charge in [0.25, 0.3) is 5.91 Å². The van der Waals surface area contributed by atoms with Crippen molar-refractivity contribution in [2.45, 2.75) is 20.8 Å². The van der Waals surface area contributed by atoms with E-state index in [2.05, 4.69) is 29.3 Å². The Kier molecular flexibility index (Phi) is 7.56. The maximum atomic E-state index is 12.3. The zero-order chi connectivity index (χ0) is 20.5. The molecule has 0 atom stereocenters. The molecule has 0 spiro atoms. The highest BCUT2D eigenvalue weighted by Crippen LogP contribution is 2.16. The molecule has 0 saturated heterocycles. The molecular formula is C21H25N3O4. The molecule has 7 nitrogen and oxygen atoms in total. The number of carbonyl (C=O) groups is 2. The number of rotatable bonds is 9. The van der Waals surface area contributed by atoms with E-state index in [1.807, 2.05) is 12.1 Å². The van der Waals surface area contributed by atoms with Crippen LogP contribution in [0.5, 0.6) is 5.75 Å². The average Bonchev–Trinajstić information content (AvgIpc) is 2.72. The van der Waals surface area contributed by atoms with Crippen LogP contribution in [-0.2, 0) is 4.79 Å². The summed E-state index contributed by atoms with van der Waals surface area (Å²) in [4.78, 5) is 25.1. The van der Waals surface area contributed by atoms with Gasteiger partial charge in [0.2, 0.25) is 0 Å². The monoisotopic (exact) mass is 383 g/mol. The van der Waals surface area contributed by atoms with Crippen LogP contribution in [0.1, 0.15) is 36.7 Å². The van der Waals surface area contributed by atoms with E-state index in [4.69, 9.17) is 9.84 Å². The summed E-state index contributed by atoms with van der Waals surface area (Å²) in [5.41, 5.74) is 5.43. The maximum absolute atomic E-state index is 12.3. The molecule has 1 amide bonds. The molecule has 0 radical (unpaired) electrons. The van der Waals surface area contributed by atoms with Crippen LogP contribution in [0, 0.1) is 0 Å². The van der Waals surface area contributed by atoms with Crippen molar-refractivity contribution < 1.29 is 19.4 Å². The van der Waals surface area contributed by atoms with Gasteiger partial charge in [0.1, 0.15) is 5.75 Å². The van der Waals surface area contributed by atoms with Crippen molar-refractivity contribution in [1.29, 1.82) is 0 Å². The normalized spacial score (nSPS) is 11.0. The first-order valence-electron chi connectivity index (χ1n) is 9.09. The number of nitrogens with one attached hydrogen (secondary N) is 1. The lowest BCUT2D eigenvalue weighted by molar-refractivity contribution is -0.139. The number of nitrogens with zero attached hydrogens (tertiary/aromatic N) is 2. The number of ether oxygens (including phenoxy) is 1. The van der Waals surface area contributed by atoms with Crippen LogP contribution in [0.2, 0.25) is 0 Å². The standard InChI is InChI=1S/C21H25N3O4/c1-4-24(5-2)18-11-9-16(10-12-18)21(27)23-22-15(3)17-7-6-8-19(13-17)28-14-20(25)26/h6-13H,4-5,14H2,1-3H3,(H,23,27)(H,25,26)/b22-15-. The lowest BCUT2D eigenvalue weighted by atomic mass is 10.1. The van der Waals surface area contributed by atoms with E-state index in [0.717, 1.165) is 24.3 Å². The summed E-state index contributed by atoms with van der Waals surface area (Å²) in [7, 11) is 0. The fraction of sp³-hybridized carbons (Fsp3) is 0.286. The second kappa shape index (κ2) is 10.1. The summed E-state index contributed by atoms with van der Waals surface area (Å²) in [6, 6.07) is 14.3. The first kappa shape index (κ1) is 21.0. The highest BCUT2D eigenvalue weighted by atomic mass is 16.5. The van der Waals surface area contributed by atoms with Gasteiger partial charge in [-0.1, -0.05) is 12.1 Å². The van der Waals surface area contributed by atoms with Crippen LogP contribution >= 0.6 is 0 Å². The summed E-state index contributed by atoms with van der Waals surface area (Å²) in [6.07, 6.45) is 0. The molecule has 0 fully saturated rings. The summed E-state index contributed by atoms with van der Waals surface area (Å²) in [5.74, 6) is -0.924. The number of hydrogen-bond donors (Lipinski definition) is 2. The molecule has 2 aromatic rings. The van der Waals surface area contributed by atoms with E-state index in [0.29, 0.717) is 17.0 Å². The summed E-state index contributed by atoms with van der Waals surface area (Å²) in [6.45, 7) is 7.31. The predicted molar refractivity (Wildman–Crippen MR) is 109 cm³/mol. The van der Waals surface area contributed by atoms with Gasteiger partial charge >= 0.3 is 5.97 Å². The van der Waals surface area contributed by atoms with Crippen LogP contribution < -0.4 is 15.1 Å². The molecule has 0 aliphatic rings. The van der Waals surface area contributed by atoms with Gasteiger partial charge in [-0.3, -0.25) is 4.79 Å². The third-order valence-corrected chi connectivity index (χ3v) is 4.20. The number of carboxylic acid groups (broad SMARTS) is 1. The molecule has 2 N–H and O–H groups in total. The van der Waals surface area contributed by atoms with Crippen molar-refractivity contribution >= 4 is 23.3 Å². The minimum atomic E-state index is -1.05. The van der Waals surface area contributed by atoms with Crippen LogP contribution in [-0.4, -0.2) is 42.4 Å². The van der Waals surface area contributed by atoms with Gasteiger partial charge < -0.3 is 14.7 Å². The van der Waals surface area contributed by atoms with Crippen LogP contribution in [0.15, 0.2) is 53.6 Å². The van der Waals surface area contributed by atoms with Crippen molar-refractivity contribution in [1.82, 2.24) is 5.43 Å². The highest BCUT2D eigenvalue weighted by Gasteiger charge is 2.08. The zero-order valence-electron chi connectivity index (χ0n) is 16.3. The summed E-state index contributed by atoms with van der Waals surface area (Å²) < 4.78 is 5.16. The molecule has 148 valence electrons. The van der Waals surface area contributed by atoms with E-state index < -0.39 is 12.6 Å². The Morgan fingerprint density at radius 3 is 2.36 bits per heavy atom. The number of amides is 1. The molecule has 0 unspecified atom stereocenters. The van der Waals surface area contributed by atoms with E-state index in [-0.39, 0.29) is 5.91 Å². The average molecular weight is 383 g/mol. The number of hydrazone groups is 1. The Morgan fingerprint density at radius 2 is 1.75 bits per heavy atom. The molecule has 2 rings (SSSR count). The molecule has 7 heteroatoms. The molecule has 28 heavy (non-hydrogen) atoms. The number of hydrogen-bond acceptors (Lipinski definition) is 5. The fourth-order valence-corrected chi connectivity index (χ4v) is 2.63. The van der Waals surface area contributed by atoms with Gasteiger partial charge in [0, 0.05) is 29.9 Å². The predicted octanol–water partition coefficient (Wildman–Crippen LogP) is 3.15. The van der Waals surface area contributed by atoms with Crippen molar-refractivity contribution in [2.75, 3.05) is 24.6 Å². The van der Waals surface area contributed by atoms with Gasteiger partial charge in [0.15, 0.2) is 6.61 Å². The molecule has 0 aliphatic carbocycles. The smallest absolute Gasteiger partial charge is 0.341 e. The molecule has 0 heterocycles. The van der Waals surface area contributed by atoms with E-state index >= 15 is 0 Å². The SMILES string of the molecule is CCN(CC)c1ccc(C(=O)N/N=C(/C)c2cccc(OCC(=O)O)c2)cc1. The Bertz CT molecular complexity index is 843. The molecule has 0 saturated carbocycles. The molecule has 0 bridgehead atoms. The number of aliphatic carboxylic acids is 1. The fourth-order valence-electron chi connectivity index (χ4n) is 2.63. The highest BCUT2D eigenvalue weighted by molar-refractivity contribution is 6.01. The Balaban J connectivity index is 2.03. The Hall–Kier alpha value is -3.35. The third kappa shape index (κ3) is 5.84. The second-order valence-electron chi connectivity index (χ2n) is 6.07. The third-order valence-electron chi connectivity index (χ3n) is 4.20. The van der Waals surface area contributed by atoms with E-state index in [9.17, 15) is 9.59 Å². The maximum Gasteiger partial charge on any atom is 0.341 e. The van der Waals surface area contributed by atoms with Crippen LogP contribution in [0.25, 0.3) is 0 Å². The number of carboxylic acids is 1. The summed E-state index contributed by atoms with van der Waals surface area (Å²) >= 11 is 0. The lowest BCUT2D eigenvalue weighted by Crippen LogP contribution is -2.22. The molecular weight excluding hydrogens is 358 g/mol. The van der Waals surface area contributed by atoms with Crippen molar-refractivity contribution in [3.8, 4) is 5.75 Å². The van der Waals surface area contributed by atoms with Gasteiger partial charge in [-0.25, -0.2) is 10.2 Å².